The van der Waals surface area contributed by atoms with Crippen LogP contribution in [0.15, 0.2) is 24.3 Å². The van der Waals surface area contributed by atoms with Crippen LogP contribution in [0.4, 0.5) is 0 Å². The summed E-state index contributed by atoms with van der Waals surface area (Å²) in [6, 6.07) is 9.43. The maximum atomic E-state index is 12.9. The van der Waals surface area contributed by atoms with E-state index in [9.17, 15) is 24.9 Å². The van der Waals surface area contributed by atoms with Gasteiger partial charge in [-0.2, -0.15) is 10.5 Å². The SMILES string of the molecule is CCOC(=O)[C@@H]1N[C@@](CC(=O)OC)(C(=O)OC)C(C#N)(C#N)[C@H]1c1ccc(C)cc1. The number of carbonyl (C=O) groups excluding carboxylic acids is 3. The molecule has 1 N–H and O–H groups in total. The fourth-order valence-corrected chi connectivity index (χ4v) is 3.92. The van der Waals surface area contributed by atoms with Gasteiger partial charge in [-0.3, -0.25) is 14.9 Å². The predicted octanol–water partition coefficient (Wildman–Crippen LogP) is 1.12. The average molecular weight is 413 g/mol. The Labute approximate surface area is 174 Å². The number of carbonyl (C=O) groups is 3. The molecular weight excluding hydrogens is 390 g/mol. The Bertz CT molecular complexity index is 900. The number of esters is 3. The van der Waals surface area contributed by atoms with Crippen LogP contribution in [0.1, 0.15) is 30.4 Å². The first-order valence-corrected chi connectivity index (χ1v) is 9.25. The summed E-state index contributed by atoms with van der Waals surface area (Å²) in [6.45, 7) is 3.51. The first kappa shape index (κ1) is 22.9. The topological polar surface area (TPSA) is 139 Å². The molecule has 3 atom stereocenters. The Kier molecular flexibility index (Phi) is 6.81. The summed E-state index contributed by atoms with van der Waals surface area (Å²) >= 11 is 0. The van der Waals surface area contributed by atoms with Gasteiger partial charge in [0.05, 0.1) is 39.4 Å². The van der Waals surface area contributed by atoms with Crippen LogP contribution in [0.3, 0.4) is 0 Å². The molecule has 1 saturated heterocycles. The molecule has 9 heteroatoms. The van der Waals surface area contributed by atoms with Crippen molar-refractivity contribution in [1.29, 1.82) is 10.5 Å². The molecule has 30 heavy (non-hydrogen) atoms. The van der Waals surface area contributed by atoms with Gasteiger partial charge in [0.2, 0.25) is 0 Å². The highest BCUT2D eigenvalue weighted by Crippen LogP contribution is 2.53. The second kappa shape index (κ2) is 8.93. The van der Waals surface area contributed by atoms with Crippen molar-refractivity contribution in [3.8, 4) is 12.1 Å². The maximum Gasteiger partial charge on any atom is 0.329 e. The van der Waals surface area contributed by atoms with Gasteiger partial charge in [0.1, 0.15) is 6.04 Å². The highest BCUT2D eigenvalue weighted by Gasteiger charge is 2.72. The van der Waals surface area contributed by atoms with Crippen LogP contribution in [0.2, 0.25) is 0 Å². The lowest BCUT2D eigenvalue weighted by atomic mass is 9.62. The molecular formula is C21H23N3O6. The summed E-state index contributed by atoms with van der Waals surface area (Å²) in [4.78, 5) is 37.9. The molecule has 0 aliphatic carbocycles. The van der Waals surface area contributed by atoms with Crippen LogP contribution in [0.5, 0.6) is 0 Å². The van der Waals surface area contributed by atoms with Crippen LogP contribution in [0.25, 0.3) is 0 Å². The van der Waals surface area contributed by atoms with E-state index in [-0.39, 0.29) is 6.61 Å². The van der Waals surface area contributed by atoms with E-state index >= 15 is 0 Å². The molecule has 0 amide bonds. The van der Waals surface area contributed by atoms with E-state index in [1.807, 2.05) is 19.1 Å². The molecule has 1 aromatic rings. The van der Waals surface area contributed by atoms with Crippen molar-refractivity contribution >= 4 is 17.9 Å². The number of benzene rings is 1. The summed E-state index contributed by atoms with van der Waals surface area (Å²) < 4.78 is 14.7. The van der Waals surface area contributed by atoms with Crippen molar-refractivity contribution in [2.75, 3.05) is 20.8 Å². The molecule has 0 spiro atoms. The standard InChI is InChI=1S/C21H23N3O6/c1-5-30-18(26)17-16(14-8-6-13(2)7-9-14)20(11-22,12-23)21(24-17,19(27)29-4)10-15(25)28-3/h6-9,16-17,24H,5,10H2,1-4H3/t16-,17+,21-/m0/s1. The highest BCUT2D eigenvalue weighted by molar-refractivity contribution is 5.93. The van der Waals surface area contributed by atoms with E-state index in [1.165, 1.54) is 0 Å². The highest BCUT2D eigenvalue weighted by atomic mass is 16.5. The van der Waals surface area contributed by atoms with Gasteiger partial charge in [0, 0.05) is 5.92 Å². The number of hydrogen-bond donors (Lipinski definition) is 1. The molecule has 0 aromatic heterocycles. The van der Waals surface area contributed by atoms with Gasteiger partial charge in [-0.1, -0.05) is 29.8 Å². The number of nitrogens with zero attached hydrogens (tertiary/aromatic N) is 2. The van der Waals surface area contributed by atoms with Crippen LogP contribution >= 0.6 is 0 Å². The van der Waals surface area contributed by atoms with Crippen LogP contribution in [0, 0.1) is 35.0 Å². The van der Waals surface area contributed by atoms with Gasteiger partial charge in [-0.05, 0) is 19.4 Å². The average Bonchev–Trinajstić information content (AvgIpc) is 3.05. The lowest BCUT2D eigenvalue weighted by molar-refractivity contribution is -0.157. The number of methoxy groups -OCH3 is 2. The molecule has 0 saturated carbocycles. The van der Waals surface area contributed by atoms with Crippen molar-refractivity contribution in [1.82, 2.24) is 5.32 Å². The number of aryl methyl sites for hydroxylation is 1. The fourth-order valence-electron chi connectivity index (χ4n) is 3.92. The zero-order chi connectivity index (χ0) is 22.5. The number of nitriles is 2. The van der Waals surface area contributed by atoms with Crippen molar-refractivity contribution in [3.63, 3.8) is 0 Å². The summed E-state index contributed by atoms with van der Waals surface area (Å²) in [7, 11) is 2.18. The van der Waals surface area contributed by atoms with Gasteiger partial charge in [-0.15, -0.1) is 0 Å². The molecule has 0 unspecified atom stereocenters. The van der Waals surface area contributed by atoms with Crippen LogP contribution < -0.4 is 5.32 Å². The lowest BCUT2D eigenvalue weighted by Gasteiger charge is -2.35. The van der Waals surface area contributed by atoms with E-state index in [1.54, 1.807) is 31.2 Å². The molecule has 1 aromatic carbocycles. The van der Waals surface area contributed by atoms with Crippen LogP contribution in [-0.4, -0.2) is 50.3 Å². The third kappa shape index (κ3) is 3.49. The maximum absolute atomic E-state index is 12.9. The zero-order valence-corrected chi connectivity index (χ0v) is 17.2. The van der Waals surface area contributed by atoms with E-state index in [0.717, 1.165) is 19.8 Å². The molecule has 2 rings (SSSR count). The normalized spacial score (nSPS) is 24.2. The third-order valence-electron chi connectivity index (χ3n) is 5.38. The van der Waals surface area contributed by atoms with Crippen molar-refractivity contribution in [2.45, 2.75) is 37.8 Å². The smallest absolute Gasteiger partial charge is 0.329 e. The Hall–Kier alpha value is -3.43. The molecule has 0 bridgehead atoms. The summed E-state index contributed by atoms with van der Waals surface area (Å²) in [5, 5.41) is 23.1. The minimum Gasteiger partial charge on any atom is -0.469 e. The minimum atomic E-state index is -2.17. The van der Waals surface area contributed by atoms with Gasteiger partial charge in [0.15, 0.2) is 11.0 Å². The quantitative estimate of drug-likeness (QED) is 0.537. The summed E-state index contributed by atoms with van der Waals surface area (Å²) in [5.74, 6) is -3.75. The summed E-state index contributed by atoms with van der Waals surface area (Å²) in [6.07, 6.45) is -0.685. The Morgan fingerprint density at radius 1 is 1.10 bits per heavy atom. The molecule has 0 radical (unpaired) electrons. The molecule has 1 aliphatic rings. The Balaban J connectivity index is 2.83. The second-order valence-electron chi connectivity index (χ2n) is 6.94. The second-order valence-corrected chi connectivity index (χ2v) is 6.94. The number of nitrogens with one attached hydrogen (secondary N) is 1. The van der Waals surface area contributed by atoms with Crippen molar-refractivity contribution < 1.29 is 28.6 Å². The zero-order valence-electron chi connectivity index (χ0n) is 17.2. The fraction of sp³-hybridized carbons (Fsp3) is 0.476. The lowest BCUT2D eigenvalue weighted by Crippen LogP contribution is -2.60. The molecule has 1 fully saturated rings. The van der Waals surface area contributed by atoms with Crippen molar-refractivity contribution in [3.05, 3.63) is 35.4 Å². The van der Waals surface area contributed by atoms with Gasteiger partial charge >= 0.3 is 17.9 Å². The third-order valence-corrected chi connectivity index (χ3v) is 5.38. The number of hydrogen-bond acceptors (Lipinski definition) is 9. The van der Waals surface area contributed by atoms with Gasteiger partial charge < -0.3 is 14.2 Å². The van der Waals surface area contributed by atoms with E-state index in [0.29, 0.717) is 5.56 Å². The Morgan fingerprint density at radius 2 is 1.70 bits per heavy atom. The molecule has 9 nitrogen and oxygen atoms in total. The van der Waals surface area contributed by atoms with E-state index in [2.05, 4.69) is 5.32 Å². The minimum absolute atomic E-state index is 0.0476. The first-order valence-electron chi connectivity index (χ1n) is 9.25. The first-order chi connectivity index (χ1) is 14.3. The van der Waals surface area contributed by atoms with Gasteiger partial charge in [0.25, 0.3) is 0 Å². The Morgan fingerprint density at radius 3 is 2.17 bits per heavy atom. The predicted molar refractivity (Wildman–Crippen MR) is 103 cm³/mol. The number of ether oxygens (including phenoxy) is 3. The van der Waals surface area contributed by atoms with Crippen LogP contribution in [-0.2, 0) is 28.6 Å². The van der Waals surface area contributed by atoms with E-state index < -0.39 is 47.2 Å². The van der Waals surface area contributed by atoms with E-state index in [4.69, 9.17) is 14.2 Å². The molecule has 1 aliphatic heterocycles. The molecule has 158 valence electrons. The largest absolute Gasteiger partial charge is 0.469 e. The monoisotopic (exact) mass is 413 g/mol. The van der Waals surface area contributed by atoms with Crippen molar-refractivity contribution in [2.24, 2.45) is 5.41 Å². The number of rotatable bonds is 6. The van der Waals surface area contributed by atoms with Gasteiger partial charge in [-0.25, -0.2) is 4.79 Å². The molecule has 1 heterocycles. The summed E-state index contributed by atoms with van der Waals surface area (Å²) in [5.41, 5.74) is -2.93.